The topological polar surface area (TPSA) is 51.7 Å². The SMILES string of the molecule is CCOC(=O)CC(C)(c1ccc(F)cn1)N1CCOCC1. The van der Waals surface area contributed by atoms with Crippen molar-refractivity contribution in [3.05, 3.63) is 29.8 Å². The van der Waals surface area contributed by atoms with Gasteiger partial charge in [0.1, 0.15) is 5.82 Å². The molecule has 0 aliphatic carbocycles. The third-order valence-corrected chi connectivity index (χ3v) is 3.78. The molecule has 1 aliphatic heterocycles. The lowest BCUT2D eigenvalue weighted by atomic mass is 9.90. The molecule has 1 saturated heterocycles. The minimum atomic E-state index is -0.621. The molecule has 0 saturated carbocycles. The fraction of sp³-hybridized carbons (Fsp3) is 0.600. The highest BCUT2D eigenvalue weighted by Gasteiger charge is 2.38. The summed E-state index contributed by atoms with van der Waals surface area (Å²) < 4.78 is 23.6. The normalized spacial score (nSPS) is 19.0. The smallest absolute Gasteiger partial charge is 0.308 e. The molecule has 0 radical (unpaired) electrons. The van der Waals surface area contributed by atoms with E-state index >= 15 is 0 Å². The van der Waals surface area contributed by atoms with Gasteiger partial charge in [-0.15, -0.1) is 0 Å². The molecular weight excluding hydrogens is 275 g/mol. The molecule has 2 rings (SSSR count). The second-order valence-electron chi connectivity index (χ2n) is 5.22. The zero-order valence-corrected chi connectivity index (χ0v) is 12.5. The van der Waals surface area contributed by atoms with Crippen LogP contribution in [0.4, 0.5) is 4.39 Å². The molecule has 2 heterocycles. The Balaban J connectivity index is 2.27. The van der Waals surface area contributed by atoms with E-state index in [4.69, 9.17) is 9.47 Å². The standard InChI is InChI=1S/C15H21FN2O3/c1-3-21-14(19)10-15(2,18-6-8-20-9-7-18)13-5-4-12(16)11-17-13/h4-5,11H,3,6-10H2,1-2H3. The van der Waals surface area contributed by atoms with Crippen LogP contribution in [-0.2, 0) is 19.8 Å². The van der Waals surface area contributed by atoms with Crippen molar-refractivity contribution in [1.82, 2.24) is 9.88 Å². The molecule has 0 bridgehead atoms. The Labute approximate surface area is 124 Å². The van der Waals surface area contributed by atoms with E-state index in [1.165, 1.54) is 12.3 Å². The number of morpholine rings is 1. The molecule has 1 aliphatic rings. The molecule has 0 N–H and O–H groups in total. The lowest BCUT2D eigenvalue weighted by molar-refractivity contribution is -0.147. The largest absolute Gasteiger partial charge is 0.466 e. The molecular formula is C15H21FN2O3. The Hall–Kier alpha value is -1.53. The van der Waals surface area contributed by atoms with Gasteiger partial charge in [-0.05, 0) is 26.0 Å². The second kappa shape index (κ2) is 6.95. The van der Waals surface area contributed by atoms with Crippen LogP contribution in [0.1, 0.15) is 26.0 Å². The lowest BCUT2D eigenvalue weighted by Crippen LogP contribution is -2.51. The maximum Gasteiger partial charge on any atom is 0.308 e. The van der Waals surface area contributed by atoms with Gasteiger partial charge >= 0.3 is 5.97 Å². The van der Waals surface area contributed by atoms with Crippen molar-refractivity contribution in [1.29, 1.82) is 0 Å². The fourth-order valence-corrected chi connectivity index (χ4v) is 2.61. The molecule has 0 spiro atoms. The Bertz CT molecular complexity index is 474. The molecule has 1 aromatic heterocycles. The Morgan fingerprint density at radius 2 is 2.19 bits per heavy atom. The van der Waals surface area contributed by atoms with Gasteiger partial charge in [-0.1, -0.05) is 0 Å². The highest BCUT2D eigenvalue weighted by molar-refractivity contribution is 5.71. The van der Waals surface area contributed by atoms with Gasteiger partial charge in [-0.25, -0.2) is 4.39 Å². The number of rotatable bonds is 5. The fourth-order valence-electron chi connectivity index (χ4n) is 2.61. The third-order valence-electron chi connectivity index (χ3n) is 3.78. The van der Waals surface area contributed by atoms with E-state index in [2.05, 4.69) is 9.88 Å². The molecule has 1 unspecified atom stereocenters. The zero-order valence-electron chi connectivity index (χ0n) is 12.5. The van der Waals surface area contributed by atoms with Crippen LogP contribution in [0, 0.1) is 5.82 Å². The van der Waals surface area contributed by atoms with Gasteiger partial charge in [0.15, 0.2) is 0 Å². The molecule has 21 heavy (non-hydrogen) atoms. The molecule has 5 nitrogen and oxygen atoms in total. The number of aromatic nitrogens is 1. The van der Waals surface area contributed by atoms with Crippen molar-refractivity contribution < 1.29 is 18.7 Å². The zero-order chi connectivity index (χ0) is 15.3. The number of carbonyl (C=O) groups excluding carboxylic acids is 1. The van der Waals surface area contributed by atoms with Crippen LogP contribution in [0.5, 0.6) is 0 Å². The molecule has 1 atom stereocenters. The third kappa shape index (κ3) is 3.77. The number of hydrogen-bond acceptors (Lipinski definition) is 5. The first kappa shape index (κ1) is 15.9. The van der Waals surface area contributed by atoms with E-state index in [9.17, 15) is 9.18 Å². The van der Waals surface area contributed by atoms with E-state index in [1.807, 2.05) is 6.92 Å². The summed E-state index contributed by atoms with van der Waals surface area (Å²) >= 11 is 0. The van der Waals surface area contributed by atoms with Gasteiger partial charge in [-0.2, -0.15) is 0 Å². The molecule has 1 aromatic rings. The average Bonchev–Trinajstić information content (AvgIpc) is 2.49. The van der Waals surface area contributed by atoms with Crippen molar-refractivity contribution >= 4 is 5.97 Å². The van der Waals surface area contributed by atoms with Gasteiger partial charge in [0.2, 0.25) is 0 Å². The first-order chi connectivity index (χ1) is 10.1. The summed E-state index contributed by atoms with van der Waals surface area (Å²) in [5.74, 6) is -0.670. The van der Waals surface area contributed by atoms with Crippen LogP contribution in [0.25, 0.3) is 0 Å². The summed E-state index contributed by atoms with van der Waals surface area (Å²) in [6, 6.07) is 3.00. The van der Waals surface area contributed by atoms with Crippen LogP contribution in [0.3, 0.4) is 0 Å². The Morgan fingerprint density at radius 3 is 2.76 bits per heavy atom. The monoisotopic (exact) mass is 296 g/mol. The maximum absolute atomic E-state index is 13.1. The molecule has 116 valence electrons. The van der Waals surface area contributed by atoms with E-state index < -0.39 is 5.54 Å². The van der Waals surface area contributed by atoms with E-state index in [0.29, 0.717) is 38.6 Å². The minimum absolute atomic E-state index is 0.180. The van der Waals surface area contributed by atoms with Gasteiger partial charge in [0.25, 0.3) is 0 Å². The number of nitrogens with zero attached hydrogens (tertiary/aromatic N) is 2. The van der Waals surface area contributed by atoms with Gasteiger partial charge in [0, 0.05) is 13.1 Å². The number of hydrogen-bond donors (Lipinski definition) is 0. The molecule has 6 heteroatoms. The van der Waals surface area contributed by atoms with Crippen molar-refractivity contribution in [3.8, 4) is 0 Å². The predicted octanol–water partition coefficient (Wildman–Crippen LogP) is 1.72. The van der Waals surface area contributed by atoms with Crippen molar-refractivity contribution in [3.63, 3.8) is 0 Å². The predicted molar refractivity (Wildman–Crippen MR) is 75.2 cm³/mol. The van der Waals surface area contributed by atoms with Crippen LogP contribution in [0.15, 0.2) is 18.3 Å². The number of esters is 1. The minimum Gasteiger partial charge on any atom is -0.466 e. The van der Waals surface area contributed by atoms with E-state index in [0.717, 1.165) is 0 Å². The highest BCUT2D eigenvalue weighted by Crippen LogP contribution is 2.31. The summed E-state index contributed by atoms with van der Waals surface area (Å²) in [5.41, 5.74) is 0.0443. The first-order valence-electron chi connectivity index (χ1n) is 7.16. The second-order valence-corrected chi connectivity index (χ2v) is 5.22. The summed E-state index contributed by atoms with van der Waals surface area (Å²) in [7, 11) is 0. The van der Waals surface area contributed by atoms with Crippen molar-refractivity contribution in [2.45, 2.75) is 25.8 Å². The summed E-state index contributed by atoms with van der Waals surface area (Å²) in [4.78, 5) is 18.3. The molecule has 1 fully saturated rings. The molecule has 0 amide bonds. The summed E-state index contributed by atoms with van der Waals surface area (Å²) in [6.45, 7) is 6.69. The summed E-state index contributed by atoms with van der Waals surface area (Å²) in [6.07, 6.45) is 1.36. The Kier molecular flexibility index (Phi) is 5.25. The van der Waals surface area contributed by atoms with E-state index in [-0.39, 0.29) is 18.2 Å². The van der Waals surface area contributed by atoms with Crippen molar-refractivity contribution in [2.75, 3.05) is 32.9 Å². The quantitative estimate of drug-likeness (QED) is 0.774. The summed E-state index contributed by atoms with van der Waals surface area (Å²) in [5, 5.41) is 0. The van der Waals surface area contributed by atoms with Gasteiger partial charge in [-0.3, -0.25) is 14.7 Å². The van der Waals surface area contributed by atoms with Crippen LogP contribution in [0.2, 0.25) is 0 Å². The Morgan fingerprint density at radius 1 is 1.48 bits per heavy atom. The van der Waals surface area contributed by atoms with E-state index in [1.54, 1.807) is 13.0 Å². The van der Waals surface area contributed by atoms with Crippen LogP contribution >= 0.6 is 0 Å². The van der Waals surface area contributed by atoms with Crippen LogP contribution < -0.4 is 0 Å². The number of ether oxygens (including phenoxy) is 2. The van der Waals surface area contributed by atoms with Crippen LogP contribution in [-0.4, -0.2) is 48.8 Å². The van der Waals surface area contributed by atoms with Gasteiger partial charge < -0.3 is 9.47 Å². The number of halogens is 1. The number of carbonyl (C=O) groups is 1. The number of pyridine rings is 1. The molecule has 0 aromatic carbocycles. The van der Waals surface area contributed by atoms with Crippen molar-refractivity contribution in [2.24, 2.45) is 0 Å². The maximum atomic E-state index is 13.1. The lowest BCUT2D eigenvalue weighted by Gasteiger charge is -2.42. The average molecular weight is 296 g/mol. The first-order valence-corrected chi connectivity index (χ1v) is 7.16. The van der Waals surface area contributed by atoms with Gasteiger partial charge in [0.05, 0.1) is 43.7 Å². The highest BCUT2D eigenvalue weighted by atomic mass is 19.1.